The number of nitrogens with one attached hydrogen (secondary N) is 1. The Morgan fingerprint density at radius 3 is 2.65 bits per heavy atom. The molecule has 2 rings (SSSR count). The molecule has 0 aliphatic heterocycles. The summed E-state index contributed by atoms with van der Waals surface area (Å²) in [4.78, 5) is 23.5. The van der Waals surface area contributed by atoms with Crippen molar-refractivity contribution in [2.24, 2.45) is 5.92 Å². The summed E-state index contributed by atoms with van der Waals surface area (Å²) in [5.74, 6) is 0.339. The van der Waals surface area contributed by atoms with E-state index < -0.39 is 5.97 Å². The lowest BCUT2D eigenvalue weighted by Crippen LogP contribution is -2.43. The fraction of sp³-hybridized carbons (Fsp3) is 0.556. The lowest BCUT2D eigenvalue weighted by atomic mass is 9.86. The first-order chi connectivity index (χ1) is 11.1. The third kappa shape index (κ3) is 5.58. The highest BCUT2D eigenvalue weighted by Crippen LogP contribution is 2.23. The Kier molecular flexibility index (Phi) is 6.44. The number of hydrogen-bond donors (Lipinski definition) is 1. The second-order valence-electron chi connectivity index (χ2n) is 6.15. The number of carbonyl (C=O) groups is 2. The van der Waals surface area contributed by atoms with Gasteiger partial charge in [0.25, 0.3) is 5.91 Å². The SMILES string of the molecule is Cc1ccccc1OCC(=O)OCC(=O)N[C@@H]1CCCC[C@H]1C. The van der Waals surface area contributed by atoms with Gasteiger partial charge in [-0.2, -0.15) is 0 Å². The van der Waals surface area contributed by atoms with E-state index in [9.17, 15) is 9.59 Å². The Hall–Kier alpha value is -2.04. The summed E-state index contributed by atoms with van der Waals surface area (Å²) in [5.41, 5.74) is 0.948. The number of esters is 1. The smallest absolute Gasteiger partial charge is 0.344 e. The van der Waals surface area contributed by atoms with Crippen LogP contribution >= 0.6 is 0 Å². The van der Waals surface area contributed by atoms with Crippen LogP contribution in [0.25, 0.3) is 0 Å². The molecule has 1 aliphatic carbocycles. The predicted molar refractivity (Wildman–Crippen MR) is 87.2 cm³/mol. The van der Waals surface area contributed by atoms with Gasteiger partial charge in [-0.1, -0.05) is 38.0 Å². The quantitative estimate of drug-likeness (QED) is 0.819. The Morgan fingerprint density at radius 1 is 1.17 bits per heavy atom. The average Bonchev–Trinajstić information content (AvgIpc) is 2.54. The second-order valence-corrected chi connectivity index (χ2v) is 6.15. The predicted octanol–water partition coefficient (Wildman–Crippen LogP) is 2.61. The van der Waals surface area contributed by atoms with E-state index in [0.717, 1.165) is 24.8 Å². The number of benzene rings is 1. The molecule has 1 fully saturated rings. The molecule has 1 aromatic rings. The molecule has 1 aliphatic rings. The van der Waals surface area contributed by atoms with Gasteiger partial charge in [-0.05, 0) is 37.3 Å². The number of aryl methyl sites for hydroxylation is 1. The number of hydrogen-bond acceptors (Lipinski definition) is 4. The molecule has 1 aromatic carbocycles. The monoisotopic (exact) mass is 319 g/mol. The summed E-state index contributed by atoms with van der Waals surface area (Å²) >= 11 is 0. The second kappa shape index (κ2) is 8.56. The lowest BCUT2D eigenvalue weighted by molar-refractivity contribution is -0.150. The van der Waals surface area contributed by atoms with Crippen molar-refractivity contribution < 1.29 is 19.1 Å². The maximum absolute atomic E-state index is 11.9. The molecular weight excluding hydrogens is 294 g/mol. The fourth-order valence-corrected chi connectivity index (χ4v) is 2.82. The van der Waals surface area contributed by atoms with Crippen LogP contribution in [0, 0.1) is 12.8 Å². The van der Waals surface area contributed by atoms with E-state index in [1.54, 1.807) is 6.07 Å². The number of carbonyl (C=O) groups excluding carboxylic acids is 2. The Balaban J connectivity index is 1.67. The van der Waals surface area contributed by atoms with Gasteiger partial charge in [-0.15, -0.1) is 0 Å². The molecule has 2 atom stereocenters. The van der Waals surface area contributed by atoms with E-state index in [-0.39, 0.29) is 25.2 Å². The van der Waals surface area contributed by atoms with Gasteiger partial charge in [-0.25, -0.2) is 4.79 Å². The Morgan fingerprint density at radius 2 is 1.91 bits per heavy atom. The highest BCUT2D eigenvalue weighted by atomic mass is 16.6. The van der Waals surface area contributed by atoms with Crippen molar-refractivity contribution >= 4 is 11.9 Å². The van der Waals surface area contributed by atoms with Crippen molar-refractivity contribution in [3.8, 4) is 5.75 Å². The van der Waals surface area contributed by atoms with Crippen molar-refractivity contribution in [2.45, 2.75) is 45.6 Å². The number of ether oxygens (including phenoxy) is 2. The first-order valence-corrected chi connectivity index (χ1v) is 8.19. The first-order valence-electron chi connectivity index (χ1n) is 8.19. The molecule has 5 nitrogen and oxygen atoms in total. The summed E-state index contributed by atoms with van der Waals surface area (Å²) in [6.45, 7) is 3.60. The van der Waals surface area contributed by atoms with E-state index >= 15 is 0 Å². The minimum Gasteiger partial charge on any atom is -0.482 e. The third-order valence-electron chi connectivity index (χ3n) is 4.26. The van der Waals surface area contributed by atoms with Gasteiger partial charge in [-0.3, -0.25) is 4.79 Å². The van der Waals surface area contributed by atoms with Crippen LogP contribution in [0.15, 0.2) is 24.3 Å². The van der Waals surface area contributed by atoms with Gasteiger partial charge < -0.3 is 14.8 Å². The number of rotatable bonds is 6. The highest BCUT2D eigenvalue weighted by molar-refractivity contribution is 5.81. The minimum absolute atomic E-state index is 0.193. The molecule has 1 saturated carbocycles. The normalized spacial score (nSPS) is 20.6. The number of amides is 1. The maximum Gasteiger partial charge on any atom is 0.344 e. The van der Waals surface area contributed by atoms with Gasteiger partial charge in [0.15, 0.2) is 13.2 Å². The molecule has 5 heteroatoms. The van der Waals surface area contributed by atoms with Crippen molar-refractivity contribution in [1.29, 1.82) is 0 Å². The van der Waals surface area contributed by atoms with Crippen LogP contribution in [0.1, 0.15) is 38.2 Å². The molecule has 0 bridgehead atoms. The lowest BCUT2D eigenvalue weighted by Gasteiger charge is -2.29. The van der Waals surface area contributed by atoms with E-state index in [1.165, 1.54) is 6.42 Å². The van der Waals surface area contributed by atoms with Crippen molar-refractivity contribution in [3.63, 3.8) is 0 Å². The first kappa shape index (κ1) is 17.3. The van der Waals surface area contributed by atoms with Gasteiger partial charge in [0, 0.05) is 6.04 Å². The molecule has 0 spiro atoms. The topological polar surface area (TPSA) is 64.6 Å². The summed E-state index contributed by atoms with van der Waals surface area (Å²) in [6.07, 6.45) is 4.49. The summed E-state index contributed by atoms with van der Waals surface area (Å²) in [7, 11) is 0. The van der Waals surface area contributed by atoms with Gasteiger partial charge in [0.1, 0.15) is 5.75 Å². The van der Waals surface area contributed by atoms with E-state index in [0.29, 0.717) is 11.7 Å². The molecule has 1 amide bonds. The van der Waals surface area contributed by atoms with Crippen LogP contribution < -0.4 is 10.1 Å². The Bertz CT molecular complexity index is 544. The molecular formula is C18H25NO4. The van der Waals surface area contributed by atoms with Crippen LogP contribution in [0.5, 0.6) is 5.75 Å². The van der Waals surface area contributed by atoms with Crippen LogP contribution in [0.3, 0.4) is 0 Å². The van der Waals surface area contributed by atoms with E-state index in [2.05, 4.69) is 12.2 Å². The Labute approximate surface area is 137 Å². The van der Waals surface area contributed by atoms with Crippen LogP contribution in [0.2, 0.25) is 0 Å². The molecule has 0 saturated heterocycles. The van der Waals surface area contributed by atoms with Crippen LogP contribution in [-0.4, -0.2) is 31.1 Å². The van der Waals surface area contributed by atoms with Crippen molar-refractivity contribution in [1.82, 2.24) is 5.32 Å². The molecule has 126 valence electrons. The zero-order valence-corrected chi connectivity index (χ0v) is 13.8. The molecule has 1 N–H and O–H groups in total. The van der Waals surface area contributed by atoms with Crippen molar-refractivity contribution in [2.75, 3.05) is 13.2 Å². The van der Waals surface area contributed by atoms with E-state index in [4.69, 9.17) is 9.47 Å². The molecule has 0 heterocycles. The molecule has 23 heavy (non-hydrogen) atoms. The van der Waals surface area contributed by atoms with Gasteiger partial charge >= 0.3 is 5.97 Å². The van der Waals surface area contributed by atoms with Crippen LogP contribution in [0.4, 0.5) is 0 Å². The zero-order valence-electron chi connectivity index (χ0n) is 13.8. The molecule has 0 radical (unpaired) electrons. The summed E-state index contributed by atoms with van der Waals surface area (Å²) in [5, 5.41) is 2.95. The molecule has 0 aromatic heterocycles. The maximum atomic E-state index is 11.9. The van der Waals surface area contributed by atoms with Crippen LogP contribution in [-0.2, 0) is 14.3 Å². The average molecular weight is 319 g/mol. The summed E-state index contributed by atoms with van der Waals surface area (Å²) < 4.78 is 10.4. The van der Waals surface area contributed by atoms with Crippen molar-refractivity contribution in [3.05, 3.63) is 29.8 Å². The third-order valence-corrected chi connectivity index (χ3v) is 4.26. The largest absolute Gasteiger partial charge is 0.482 e. The fourth-order valence-electron chi connectivity index (χ4n) is 2.82. The number of para-hydroxylation sites is 1. The van der Waals surface area contributed by atoms with Gasteiger partial charge in [0.2, 0.25) is 0 Å². The molecule has 0 unspecified atom stereocenters. The van der Waals surface area contributed by atoms with E-state index in [1.807, 2.05) is 25.1 Å². The summed E-state index contributed by atoms with van der Waals surface area (Å²) in [6, 6.07) is 7.63. The minimum atomic E-state index is -0.542. The van der Waals surface area contributed by atoms with Gasteiger partial charge in [0.05, 0.1) is 0 Å². The zero-order chi connectivity index (χ0) is 16.7. The highest BCUT2D eigenvalue weighted by Gasteiger charge is 2.23. The standard InChI is InChI=1S/C18H25NO4/c1-13-7-3-5-9-15(13)19-17(20)11-23-18(21)12-22-16-10-6-4-8-14(16)2/h4,6,8,10,13,15H,3,5,7,9,11-12H2,1-2H3,(H,19,20)/t13-,15-/m1/s1.